The Kier molecular flexibility index (Phi) is 2.23. The molecule has 0 spiro atoms. The van der Waals surface area contributed by atoms with Gasteiger partial charge < -0.3 is 9.30 Å². The Morgan fingerprint density at radius 1 is 1.12 bits per heavy atom. The number of ketones is 2. The smallest absolute Gasteiger partial charge is 0.254 e. The van der Waals surface area contributed by atoms with Gasteiger partial charge in [0.2, 0.25) is 5.78 Å². The number of nitrogens with zero attached hydrogens (tertiary/aromatic N) is 1. The molecule has 5 nitrogen and oxygen atoms in total. The van der Waals surface area contributed by atoms with E-state index >= 15 is 0 Å². The first-order valence-electron chi connectivity index (χ1n) is 4.61. The summed E-state index contributed by atoms with van der Waals surface area (Å²) in [5.74, 6) is -0.559. The topological polar surface area (TPSA) is 65.4 Å². The molecular formula is C11H9NO4. The number of pyridine rings is 1. The Balaban J connectivity index is 2.90. The van der Waals surface area contributed by atoms with Crippen LogP contribution in [0.2, 0.25) is 0 Å². The number of allylic oxidation sites excluding steroid dienone is 2. The normalized spacial score (nSPS) is 13.9. The lowest BCUT2D eigenvalue weighted by atomic mass is 9.98. The maximum absolute atomic E-state index is 11.6. The zero-order chi connectivity index (χ0) is 11.9. The van der Waals surface area contributed by atoms with Gasteiger partial charge in [0.1, 0.15) is 11.4 Å². The summed E-state index contributed by atoms with van der Waals surface area (Å²) < 4.78 is 6.10. The van der Waals surface area contributed by atoms with Gasteiger partial charge in [-0.1, -0.05) is 0 Å². The molecule has 0 bridgehead atoms. The van der Waals surface area contributed by atoms with Crippen molar-refractivity contribution in [2.24, 2.45) is 7.05 Å². The van der Waals surface area contributed by atoms with E-state index in [1.165, 1.54) is 26.3 Å². The molecule has 0 saturated heterocycles. The minimum absolute atomic E-state index is 0.0804. The van der Waals surface area contributed by atoms with E-state index in [9.17, 15) is 14.4 Å². The second kappa shape index (κ2) is 3.44. The van der Waals surface area contributed by atoms with Crippen LogP contribution in [0, 0.1) is 0 Å². The third-order valence-electron chi connectivity index (χ3n) is 2.49. The highest BCUT2D eigenvalue weighted by Crippen LogP contribution is 2.24. The molecule has 0 saturated carbocycles. The van der Waals surface area contributed by atoms with Gasteiger partial charge in [0, 0.05) is 13.1 Å². The van der Waals surface area contributed by atoms with Crippen LogP contribution in [0.25, 0.3) is 0 Å². The highest BCUT2D eigenvalue weighted by atomic mass is 16.5. The van der Waals surface area contributed by atoms with Crippen molar-refractivity contribution in [1.29, 1.82) is 0 Å². The van der Waals surface area contributed by atoms with Crippen LogP contribution in [0.3, 0.4) is 0 Å². The van der Waals surface area contributed by atoms with Gasteiger partial charge in [-0.05, 0) is 12.2 Å². The van der Waals surface area contributed by atoms with E-state index in [1.807, 2.05) is 0 Å². The lowest BCUT2D eigenvalue weighted by Gasteiger charge is -2.15. The first-order valence-corrected chi connectivity index (χ1v) is 4.61. The van der Waals surface area contributed by atoms with Crippen LogP contribution in [0.4, 0.5) is 0 Å². The fraction of sp³-hybridized carbons (Fsp3) is 0.182. The summed E-state index contributed by atoms with van der Waals surface area (Å²) in [5, 5.41) is 0. The number of hydrogen-bond acceptors (Lipinski definition) is 4. The number of ether oxygens (including phenoxy) is 1. The van der Waals surface area contributed by atoms with Gasteiger partial charge in [-0.25, -0.2) is 0 Å². The van der Waals surface area contributed by atoms with Crippen LogP contribution >= 0.6 is 0 Å². The molecule has 82 valence electrons. The highest BCUT2D eigenvalue weighted by molar-refractivity contribution is 6.22. The van der Waals surface area contributed by atoms with Crippen molar-refractivity contribution in [2.45, 2.75) is 0 Å². The van der Waals surface area contributed by atoms with Gasteiger partial charge in [-0.15, -0.1) is 0 Å². The molecule has 0 amide bonds. The number of carbonyl (C=O) groups excluding carboxylic acids is 2. The highest BCUT2D eigenvalue weighted by Gasteiger charge is 2.26. The summed E-state index contributed by atoms with van der Waals surface area (Å²) in [6.45, 7) is 0. The maximum Gasteiger partial charge on any atom is 0.254 e. The van der Waals surface area contributed by atoms with Crippen molar-refractivity contribution in [3.05, 3.63) is 39.8 Å². The number of methoxy groups -OCH3 is 1. The number of hydrogen-bond donors (Lipinski definition) is 0. The van der Waals surface area contributed by atoms with E-state index in [-0.39, 0.29) is 34.1 Å². The molecule has 0 aliphatic heterocycles. The van der Waals surface area contributed by atoms with Crippen LogP contribution in [0.1, 0.15) is 20.8 Å². The van der Waals surface area contributed by atoms with Crippen molar-refractivity contribution in [3.63, 3.8) is 0 Å². The van der Waals surface area contributed by atoms with E-state index in [0.29, 0.717) is 0 Å². The molecule has 1 heterocycles. The van der Waals surface area contributed by atoms with Gasteiger partial charge in [0.25, 0.3) is 5.56 Å². The zero-order valence-corrected chi connectivity index (χ0v) is 8.81. The molecule has 0 aromatic carbocycles. The average molecular weight is 219 g/mol. The first kappa shape index (κ1) is 10.4. The third kappa shape index (κ3) is 1.29. The zero-order valence-electron chi connectivity index (χ0n) is 8.81. The Labute approximate surface area is 91.0 Å². The molecule has 1 aliphatic carbocycles. The minimum atomic E-state index is -0.382. The van der Waals surface area contributed by atoms with Crippen LogP contribution in [-0.4, -0.2) is 23.2 Å². The molecule has 0 fully saturated rings. The molecule has 0 unspecified atom stereocenters. The summed E-state index contributed by atoms with van der Waals surface area (Å²) in [4.78, 5) is 34.8. The minimum Gasteiger partial charge on any atom is -0.496 e. The third-order valence-corrected chi connectivity index (χ3v) is 2.49. The van der Waals surface area contributed by atoms with Gasteiger partial charge >= 0.3 is 0 Å². The molecule has 1 aromatic heterocycles. The summed E-state index contributed by atoms with van der Waals surface area (Å²) in [5.41, 5.74) is -0.152. The molecule has 1 aliphatic rings. The van der Waals surface area contributed by atoms with E-state index in [1.54, 1.807) is 0 Å². The Hall–Kier alpha value is -2.17. The number of rotatable bonds is 1. The maximum atomic E-state index is 11.6. The van der Waals surface area contributed by atoms with Gasteiger partial charge in [-0.2, -0.15) is 0 Å². The Morgan fingerprint density at radius 2 is 1.75 bits per heavy atom. The lowest BCUT2D eigenvalue weighted by molar-refractivity contribution is 0.0984. The first-order chi connectivity index (χ1) is 7.56. The molecule has 0 radical (unpaired) electrons. The summed E-state index contributed by atoms with van der Waals surface area (Å²) in [6, 6.07) is 1.20. The van der Waals surface area contributed by atoms with Crippen molar-refractivity contribution in [1.82, 2.24) is 4.57 Å². The van der Waals surface area contributed by atoms with Crippen molar-refractivity contribution in [2.75, 3.05) is 7.11 Å². The summed E-state index contributed by atoms with van der Waals surface area (Å²) in [6.07, 6.45) is 2.33. The van der Waals surface area contributed by atoms with E-state index in [4.69, 9.17) is 4.74 Å². The molecule has 1 aromatic rings. The monoisotopic (exact) mass is 219 g/mol. The van der Waals surface area contributed by atoms with Crippen molar-refractivity contribution < 1.29 is 14.3 Å². The SMILES string of the molecule is COc1cc(=O)n(C)c2c1C(=O)C=CC2=O. The van der Waals surface area contributed by atoms with Crippen LogP contribution in [0.5, 0.6) is 5.75 Å². The van der Waals surface area contributed by atoms with Crippen LogP contribution in [0.15, 0.2) is 23.0 Å². The summed E-state index contributed by atoms with van der Waals surface area (Å²) >= 11 is 0. The molecule has 0 atom stereocenters. The Bertz CT molecular complexity index is 580. The second-order valence-electron chi connectivity index (χ2n) is 3.40. The predicted molar refractivity (Wildman–Crippen MR) is 56.0 cm³/mol. The number of fused-ring (bicyclic) bond motifs is 1. The van der Waals surface area contributed by atoms with E-state index < -0.39 is 0 Å². The predicted octanol–water partition coefficient (Wildman–Crippen LogP) is 0.329. The van der Waals surface area contributed by atoms with Crippen molar-refractivity contribution >= 4 is 11.6 Å². The van der Waals surface area contributed by atoms with Crippen molar-refractivity contribution in [3.8, 4) is 5.75 Å². The molecule has 16 heavy (non-hydrogen) atoms. The Morgan fingerprint density at radius 3 is 2.38 bits per heavy atom. The number of carbonyl (C=O) groups is 2. The largest absolute Gasteiger partial charge is 0.496 e. The lowest BCUT2D eigenvalue weighted by Crippen LogP contribution is -2.28. The van der Waals surface area contributed by atoms with Crippen LogP contribution in [-0.2, 0) is 7.05 Å². The molecular weight excluding hydrogens is 210 g/mol. The van der Waals surface area contributed by atoms with E-state index in [2.05, 4.69) is 0 Å². The standard InChI is InChI=1S/C11H9NO4/c1-12-9(15)5-8(16-2)10-6(13)3-4-7(14)11(10)12/h3-5H,1-2H3. The molecule has 5 heteroatoms. The van der Waals surface area contributed by atoms with Crippen LogP contribution < -0.4 is 10.3 Å². The molecule has 2 rings (SSSR count). The summed E-state index contributed by atoms with van der Waals surface area (Å²) in [7, 11) is 2.80. The fourth-order valence-corrected chi connectivity index (χ4v) is 1.68. The van der Waals surface area contributed by atoms with E-state index in [0.717, 1.165) is 10.6 Å². The fourth-order valence-electron chi connectivity index (χ4n) is 1.68. The average Bonchev–Trinajstić information content (AvgIpc) is 2.27. The van der Waals surface area contributed by atoms with Gasteiger partial charge in [-0.3, -0.25) is 14.4 Å². The van der Waals surface area contributed by atoms with Gasteiger partial charge in [0.05, 0.1) is 12.7 Å². The molecule has 0 N–H and O–H groups in total. The van der Waals surface area contributed by atoms with Gasteiger partial charge in [0.15, 0.2) is 5.78 Å². The quantitative estimate of drug-likeness (QED) is 0.682. The number of aromatic nitrogens is 1. The second-order valence-corrected chi connectivity index (χ2v) is 3.40.